The van der Waals surface area contributed by atoms with Gasteiger partial charge in [0.2, 0.25) is 11.8 Å². The SMILES string of the molecule is NC(=O)c1cccc(CN[C@H]2CCCN(c3ccccc3Cl)C2=O)c1. The van der Waals surface area contributed by atoms with Gasteiger partial charge in [0.05, 0.1) is 16.8 Å². The third-order valence-electron chi connectivity index (χ3n) is 4.35. The van der Waals surface area contributed by atoms with Crippen molar-refractivity contribution in [3.05, 3.63) is 64.7 Å². The number of halogens is 1. The number of carbonyl (C=O) groups is 2. The first kappa shape index (κ1) is 17.5. The molecule has 2 aromatic rings. The zero-order valence-electron chi connectivity index (χ0n) is 13.7. The van der Waals surface area contributed by atoms with Gasteiger partial charge in [-0.3, -0.25) is 9.59 Å². The molecule has 3 rings (SSSR count). The maximum Gasteiger partial charge on any atom is 0.248 e. The molecule has 130 valence electrons. The van der Waals surface area contributed by atoms with Crippen LogP contribution in [0.25, 0.3) is 0 Å². The predicted molar refractivity (Wildman–Crippen MR) is 98.6 cm³/mol. The molecule has 0 spiro atoms. The molecule has 1 aliphatic heterocycles. The van der Waals surface area contributed by atoms with Gasteiger partial charge in [0.25, 0.3) is 0 Å². The molecule has 0 aromatic heterocycles. The number of carbonyl (C=O) groups excluding carboxylic acids is 2. The van der Waals surface area contributed by atoms with Gasteiger partial charge in [-0.25, -0.2) is 0 Å². The molecule has 2 aromatic carbocycles. The summed E-state index contributed by atoms with van der Waals surface area (Å²) in [7, 11) is 0. The molecule has 3 N–H and O–H groups in total. The normalized spacial score (nSPS) is 17.6. The van der Waals surface area contributed by atoms with Crippen molar-refractivity contribution in [2.45, 2.75) is 25.4 Å². The van der Waals surface area contributed by atoms with Crippen molar-refractivity contribution >= 4 is 29.1 Å². The Bertz CT molecular complexity index is 794. The van der Waals surface area contributed by atoms with Crippen LogP contribution in [0.3, 0.4) is 0 Å². The number of rotatable bonds is 5. The van der Waals surface area contributed by atoms with Crippen molar-refractivity contribution in [3.63, 3.8) is 0 Å². The molecule has 1 aliphatic rings. The van der Waals surface area contributed by atoms with Gasteiger partial charge in [-0.1, -0.05) is 35.9 Å². The van der Waals surface area contributed by atoms with Crippen LogP contribution in [0.5, 0.6) is 0 Å². The van der Waals surface area contributed by atoms with Crippen LogP contribution < -0.4 is 16.0 Å². The highest BCUT2D eigenvalue weighted by atomic mass is 35.5. The monoisotopic (exact) mass is 357 g/mol. The van der Waals surface area contributed by atoms with Crippen molar-refractivity contribution in [3.8, 4) is 0 Å². The smallest absolute Gasteiger partial charge is 0.248 e. The second-order valence-corrected chi connectivity index (χ2v) is 6.49. The minimum absolute atomic E-state index is 0.0189. The summed E-state index contributed by atoms with van der Waals surface area (Å²) < 4.78 is 0. The summed E-state index contributed by atoms with van der Waals surface area (Å²) >= 11 is 6.23. The average Bonchev–Trinajstić information content (AvgIpc) is 2.62. The number of nitrogens with one attached hydrogen (secondary N) is 1. The summed E-state index contributed by atoms with van der Waals surface area (Å²) in [6.45, 7) is 1.16. The highest BCUT2D eigenvalue weighted by Gasteiger charge is 2.30. The lowest BCUT2D eigenvalue weighted by Gasteiger charge is -2.33. The van der Waals surface area contributed by atoms with Crippen LogP contribution in [0.4, 0.5) is 5.69 Å². The Kier molecular flexibility index (Phi) is 5.36. The van der Waals surface area contributed by atoms with E-state index >= 15 is 0 Å². The van der Waals surface area contributed by atoms with Crippen LogP contribution in [0.1, 0.15) is 28.8 Å². The molecular weight excluding hydrogens is 338 g/mol. The summed E-state index contributed by atoms with van der Waals surface area (Å²) in [5.74, 6) is -0.439. The molecule has 1 fully saturated rings. The van der Waals surface area contributed by atoms with Crippen LogP contribution in [-0.4, -0.2) is 24.4 Å². The molecule has 0 unspecified atom stereocenters. The fourth-order valence-electron chi connectivity index (χ4n) is 3.05. The van der Waals surface area contributed by atoms with Crippen LogP contribution in [0, 0.1) is 0 Å². The summed E-state index contributed by atoms with van der Waals surface area (Å²) in [6.07, 6.45) is 1.67. The lowest BCUT2D eigenvalue weighted by molar-refractivity contribution is -0.121. The van der Waals surface area contributed by atoms with E-state index in [1.807, 2.05) is 24.3 Å². The number of anilines is 1. The first-order valence-corrected chi connectivity index (χ1v) is 8.62. The van der Waals surface area contributed by atoms with Crippen molar-refractivity contribution in [1.29, 1.82) is 0 Å². The quantitative estimate of drug-likeness (QED) is 0.863. The van der Waals surface area contributed by atoms with Crippen molar-refractivity contribution in [2.24, 2.45) is 5.73 Å². The van der Waals surface area contributed by atoms with Crippen molar-refractivity contribution in [2.75, 3.05) is 11.4 Å². The molecule has 0 radical (unpaired) electrons. The number of hydrogen-bond donors (Lipinski definition) is 2. The van der Waals surface area contributed by atoms with Gasteiger partial charge in [0.1, 0.15) is 0 Å². The number of para-hydroxylation sites is 1. The molecule has 1 heterocycles. The highest BCUT2D eigenvalue weighted by molar-refractivity contribution is 6.33. The molecule has 1 atom stereocenters. The lowest BCUT2D eigenvalue weighted by atomic mass is 10.0. The van der Waals surface area contributed by atoms with E-state index in [0.717, 1.165) is 24.1 Å². The fraction of sp³-hybridized carbons (Fsp3) is 0.263. The molecule has 6 heteroatoms. The lowest BCUT2D eigenvalue weighted by Crippen LogP contribution is -2.50. The van der Waals surface area contributed by atoms with Gasteiger partial charge >= 0.3 is 0 Å². The van der Waals surface area contributed by atoms with E-state index in [9.17, 15) is 9.59 Å². The standard InChI is InChI=1S/C19H20ClN3O2/c20-15-7-1-2-9-17(15)23-10-4-8-16(19(23)25)22-12-13-5-3-6-14(11-13)18(21)24/h1-3,5-7,9,11,16,22H,4,8,10,12H2,(H2,21,24)/t16-/m0/s1. The summed E-state index contributed by atoms with van der Waals surface area (Å²) in [5.41, 5.74) is 7.43. The number of hydrogen-bond acceptors (Lipinski definition) is 3. The Labute approximate surface area is 151 Å². The molecular formula is C19H20ClN3O2. The molecule has 0 bridgehead atoms. The van der Waals surface area contributed by atoms with E-state index in [0.29, 0.717) is 23.7 Å². The number of amides is 2. The second kappa shape index (κ2) is 7.68. The van der Waals surface area contributed by atoms with Gasteiger partial charge in [0.15, 0.2) is 0 Å². The summed E-state index contributed by atoms with van der Waals surface area (Å²) in [4.78, 5) is 25.8. The van der Waals surface area contributed by atoms with Gasteiger partial charge in [-0.2, -0.15) is 0 Å². The Morgan fingerprint density at radius 1 is 1.24 bits per heavy atom. The number of nitrogens with two attached hydrogens (primary N) is 1. The maximum absolute atomic E-state index is 12.8. The van der Waals surface area contributed by atoms with E-state index in [-0.39, 0.29) is 11.9 Å². The maximum atomic E-state index is 12.8. The van der Waals surface area contributed by atoms with Crippen molar-refractivity contribution in [1.82, 2.24) is 5.32 Å². The highest BCUT2D eigenvalue weighted by Crippen LogP contribution is 2.28. The molecule has 2 amide bonds. The van der Waals surface area contributed by atoms with E-state index in [4.69, 9.17) is 17.3 Å². The van der Waals surface area contributed by atoms with Crippen LogP contribution >= 0.6 is 11.6 Å². The Morgan fingerprint density at radius 2 is 2.04 bits per heavy atom. The minimum atomic E-state index is -0.458. The Morgan fingerprint density at radius 3 is 2.80 bits per heavy atom. The number of piperidine rings is 1. The Hall–Kier alpha value is -2.37. The first-order chi connectivity index (χ1) is 12.1. The van der Waals surface area contributed by atoms with Gasteiger partial charge in [0, 0.05) is 18.7 Å². The summed E-state index contributed by atoms with van der Waals surface area (Å²) in [5, 5.41) is 3.86. The molecule has 0 aliphatic carbocycles. The Balaban J connectivity index is 1.69. The van der Waals surface area contributed by atoms with Crippen LogP contribution in [0.15, 0.2) is 48.5 Å². The summed E-state index contributed by atoms with van der Waals surface area (Å²) in [6, 6.07) is 14.2. The zero-order valence-corrected chi connectivity index (χ0v) is 14.5. The first-order valence-electron chi connectivity index (χ1n) is 8.24. The molecule has 1 saturated heterocycles. The average molecular weight is 358 g/mol. The van der Waals surface area contributed by atoms with E-state index in [1.54, 1.807) is 29.2 Å². The number of nitrogens with zero attached hydrogens (tertiary/aromatic N) is 1. The molecule has 5 nitrogen and oxygen atoms in total. The van der Waals surface area contributed by atoms with E-state index < -0.39 is 5.91 Å². The molecule has 25 heavy (non-hydrogen) atoms. The van der Waals surface area contributed by atoms with Gasteiger partial charge in [-0.15, -0.1) is 0 Å². The van der Waals surface area contributed by atoms with Crippen LogP contribution in [0.2, 0.25) is 5.02 Å². The van der Waals surface area contributed by atoms with Crippen molar-refractivity contribution < 1.29 is 9.59 Å². The number of primary amides is 1. The van der Waals surface area contributed by atoms with Crippen LogP contribution in [-0.2, 0) is 11.3 Å². The molecule has 0 saturated carbocycles. The zero-order chi connectivity index (χ0) is 17.8. The largest absolute Gasteiger partial charge is 0.366 e. The second-order valence-electron chi connectivity index (χ2n) is 6.08. The predicted octanol–water partition coefficient (Wildman–Crippen LogP) is 2.72. The fourth-order valence-corrected chi connectivity index (χ4v) is 3.29. The minimum Gasteiger partial charge on any atom is -0.366 e. The van der Waals surface area contributed by atoms with Gasteiger partial charge in [-0.05, 0) is 42.7 Å². The topological polar surface area (TPSA) is 75.4 Å². The van der Waals surface area contributed by atoms with E-state index in [2.05, 4.69) is 5.32 Å². The third kappa shape index (κ3) is 4.00. The number of benzene rings is 2. The van der Waals surface area contributed by atoms with Gasteiger partial charge < -0.3 is 16.0 Å². The third-order valence-corrected chi connectivity index (χ3v) is 4.67. The van der Waals surface area contributed by atoms with E-state index in [1.165, 1.54) is 0 Å².